The van der Waals surface area contributed by atoms with Gasteiger partial charge in [-0.2, -0.15) is 5.10 Å². The molecule has 0 spiro atoms. The molecule has 0 amide bonds. The number of H-pyrrole nitrogens is 1. The Morgan fingerprint density at radius 3 is 3.05 bits per heavy atom. The van der Waals surface area contributed by atoms with E-state index in [0.717, 1.165) is 23.3 Å². The van der Waals surface area contributed by atoms with E-state index in [1.807, 2.05) is 31.6 Å². The number of nitrogens with one attached hydrogen (secondary N) is 1. The molecule has 0 bridgehead atoms. The maximum atomic E-state index is 12.5. The minimum atomic E-state index is -0.0866. The lowest BCUT2D eigenvalue weighted by Crippen LogP contribution is -2.20. The van der Waals surface area contributed by atoms with Gasteiger partial charge < -0.3 is 4.98 Å². The Morgan fingerprint density at radius 2 is 2.32 bits per heavy atom. The second-order valence-corrected chi connectivity index (χ2v) is 5.53. The average molecular weight is 292 g/mol. The van der Waals surface area contributed by atoms with Crippen LogP contribution in [-0.2, 0) is 13.5 Å². The van der Waals surface area contributed by atoms with Gasteiger partial charge in [0.15, 0.2) is 4.77 Å². The van der Waals surface area contributed by atoms with Crippen molar-refractivity contribution in [1.82, 2.24) is 19.3 Å². The van der Waals surface area contributed by atoms with E-state index in [2.05, 4.69) is 10.1 Å². The monoisotopic (exact) mass is 292 g/mol. The van der Waals surface area contributed by atoms with Crippen LogP contribution in [0.25, 0.3) is 15.9 Å². The van der Waals surface area contributed by atoms with E-state index in [9.17, 15) is 4.79 Å². The number of thiophene rings is 1. The van der Waals surface area contributed by atoms with E-state index < -0.39 is 0 Å². The maximum Gasteiger partial charge on any atom is 0.276 e. The fraction of sp³-hybridized carbons (Fsp3) is 0.250. The number of aromatic nitrogens is 4. The van der Waals surface area contributed by atoms with Crippen molar-refractivity contribution in [3.63, 3.8) is 0 Å². The van der Waals surface area contributed by atoms with Gasteiger partial charge in [0.1, 0.15) is 4.70 Å². The van der Waals surface area contributed by atoms with Gasteiger partial charge in [0.2, 0.25) is 0 Å². The molecule has 19 heavy (non-hydrogen) atoms. The minimum Gasteiger partial charge on any atom is -0.331 e. The predicted octanol–water partition coefficient (Wildman–Crippen LogP) is 2.41. The van der Waals surface area contributed by atoms with Gasteiger partial charge in [-0.05, 0) is 30.1 Å². The van der Waals surface area contributed by atoms with Crippen LogP contribution in [-0.4, -0.2) is 19.3 Å². The highest BCUT2D eigenvalue weighted by Gasteiger charge is 2.13. The first-order valence-corrected chi connectivity index (χ1v) is 7.16. The number of aromatic amines is 1. The number of hydrogen-bond acceptors (Lipinski definition) is 4. The Labute approximate surface area is 118 Å². The van der Waals surface area contributed by atoms with Gasteiger partial charge in [-0.3, -0.25) is 9.48 Å². The van der Waals surface area contributed by atoms with Crippen LogP contribution in [0.3, 0.4) is 0 Å². The summed E-state index contributed by atoms with van der Waals surface area (Å²) in [6.07, 6.45) is 2.57. The molecular formula is C12H12N4OS2. The number of hydrogen-bond donors (Lipinski definition) is 1. The zero-order chi connectivity index (χ0) is 13.6. The molecule has 1 N–H and O–H groups in total. The van der Waals surface area contributed by atoms with Gasteiger partial charge in [-0.15, -0.1) is 11.3 Å². The summed E-state index contributed by atoms with van der Waals surface area (Å²) in [5, 5.41) is 6.24. The Hall–Kier alpha value is -1.73. The molecule has 0 radical (unpaired) electrons. The Kier molecular flexibility index (Phi) is 2.87. The second-order valence-electron chi connectivity index (χ2n) is 4.22. The molecule has 3 heterocycles. The molecule has 0 aromatic carbocycles. The maximum absolute atomic E-state index is 12.5. The summed E-state index contributed by atoms with van der Waals surface area (Å²) in [6.45, 7) is 2.01. The van der Waals surface area contributed by atoms with E-state index in [1.165, 1.54) is 15.9 Å². The van der Waals surface area contributed by atoms with Crippen molar-refractivity contribution in [3.05, 3.63) is 38.5 Å². The fourth-order valence-electron chi connectivity index (χ4n) is 2.12. The van der Waals surface area contributed by atoms with Crippen molar-refractivity contribution in [2.75, 3.05) is 0 Å². The Morgan fingerprint density at radius 1 is 1.53 bits per heavy atom. The fourth-order valence-corrected chi connectivity index (χ4v) is 3.19. The highest BCUT2D eigenvalue weighted by molar-refractivity contribution is 7.71. The van der Waals surface area contributed by atoms with Crippen LogP contribution in [0.1, 0.15) is 12.6 Å². The third-order valence-corrected chi connectivity index (χ3v) is 4.15. The SMILES string of the molecule is CCc1nn(C)cc1-n1c(=S)[nH]c2ccsc2c1=O. The van der Waals surface area contributed by atoms with Crippen LogP contribution < -0.4 is 5.56 Å². The summed E-state index contributed by atoms with van der Waals surface area (Å²) in [6, 6.07) is 1.87. The molecule has 7 heteroatoms. The van der Waals surface area contributed by atoms with Gasteiger partial charge in [-0.25, -0.2) is 4.57 Å². The van der Waals surface area contributed by atoms with Crippen molar-refractivity contribution in [2.24, 2.45) is 7.05 Å². The van der Waals surface area contributed by atoms with Crippen LogP contribution in [0.2, 0.25) is 0 Å². The van der Waals surface area contributed by atoms with E-state index >= 15 is 0 Å². The van der Waals surface area contributed by atoms with Crippen LogP contribution in [0.5, 0.6) is 0 Å². The molecule has 0 unspecified atom stereocenters. The van der Waals surface area contributed by atoms with E-state index in [1.54, 1.807) is 4.68 Å². The van der Waals surface area contributed by atoms with Crippen LogP contribution in [0.15, 0.2) is 22.4 Å². The number of nitrogens with zero attached hydrogens (tertiary/aromatic N) is 3. The van der Waals surface area contributed by atoms with E-state index in [-0.39, 0.29) is 5.56 Å². The van der Waals surface area contributed by atoms with Crippen molar-refractivity contribution in [3.8, 4) is 5.69 Å². The Balaban J connectivity index is 2.42. The highest BCUT2D eigenvalue weighted by Crippen LogP contribution is 2.17. The van der Waals surface area contributed by atoms with Crippen LogP contribution >= 0.6 is 23.6 Å². The van der Waals surface area contributed by atoms with Crippen molar-refractivity contribution < 1.29 is 0 Å². The number of rotatable bonds is 2. The smallest absolute Gasteiger partial charge is 0.276 e. The molecule has 0 aliphatic heterocycles. The van der Waals surface area contributed by atoms with Gasteiger partial charge in [0, 0.05) is 13.2 Å². The molecule has 0 aliphatic carbocycles. The van der Waals surface area contributed by atoms with Gasteiger partial charge >= 0.3 is 0 Å². The third-order valence-electron chi connectivity index (χ3n) is 2.97. The topological polar surface area (TPSA) is 55.6 Å². The van der Waals surface area contributed by atoms with Gasteiger partial charge in [0.25, 0.3) is 5.56 Å². The zero-order valence-corrected chi connectivity index (χ0v) is 12.1. The minimum absolute atomic E-state index is 0.0866. The first kappa shape index (κ1) is 12.3. The molecule has 0 aliphatic rings. The lowest BCUT2D eigenvalue weighted by Gasteiger charge is -2.05. The molecule has 3 aromatic rings. The van der Waals surface area contributed by atoms with Crippen molar-refractivity contribution >= 4 is 33.8 Å². The first-order chi connectivity index (χ1) is 9.11. The normalized spacial score (nSPS) is 11.3. The molecule has 0 saturated heterocycles. The number of fused-ring (bicyclic) bond motifs is 1. The summed E-state index contributed by atoms with van der Waals surface area (Å²) in [4.78, 5) is 15.6. The lowest BCUT2D eigenvalue weighted by molar-refractivity contribution is 0.746. The standard InChI is InChI=1S/C12H12N4OS2/c1-3-7-9(6-15(2)14-7)16-11(17)10-8(4-5-19-10)13-12(16)18/h4-6H,3H2,1-2H3,(H,13,18). The molecule has 5 nitrogen and oxygen atoms in total. The molecule has 3 aromatic heterocycles. The predicted molar refractivity (Wildman–Crippen MR) is 78.8 cm³/mol. The highest BCUT2D eigenvalue weighted by atomic mass is 32.1. The second kappa shape index (κ2) is 4.43. The van der Waals surface area contributed by atoms with Crippen LogP contribution in [0.4, 0.5) is 0 Å². The van der Waals surface area contributed by atoms with Crippen LogP contribution in [0, 0.1) is 4.77 Å². The molecule has 0 saturated carbocycles. The first-order valence-electron chi connectivity index (χ1n) is 5.87. The Bertz CT molecular complexity index is 868. The molecule has 0 atom stereocenters. The largest absolute Gasteiger partial charge is 0.331 e. The summed E-state index contributed by atoms with van der Waals surface area (Å²) in [7, 11) is 1.84. The van der Waals surface area contributed by atoms with Crippen molar-refractivity contribution in [1.29, 1.82) is 0 Å². The summed E-state index contributed by atoms with van der Waals surface area (Å²) >= 11 is 6.72. The van der Waals surface area contributed by atoms with Gasteiger partial charge in [-0.1, -0.05) is 6.92 Å². The van der Waals surface area contributed by atoms with E-state index in [0.29, 0.717) is 9.47 Å². The summed E-state index contributed by atoms with van der Waals surface area (Å²) in [5.41, 5.74) is 2.32. The summed E-state index contributed by atoms with van der Waals surface area (Å²) < 4.78 is 4.31. The van der Waals surface area contributed by atoms with E-state index in [4.69, 9.17) is 12.2 Å². The molecular weight excluding hydrogens is 280 g/mol. The van der Waals surface area contributed by atoms with Crippen molar-refractivity contribution in [2.45, 2.75) is 13.3 Å². The molecule has 3 rings (SSSR count). The van der Waals surface area contributed by atoms with Gasteiger partial charge in [0.05, 0.1) is 16.9 Å². The quantitative estimate of drug-likeness (QED) is 0.738. The summed E-state index contributed by atoms with van der Waals surface area (Å²) in [5.74, 6) is 0. The lowest BCUT2D eigenvalue weighted by atomic mass is 10.3. The molecule has 98 valence electrons. The average Bonchev–Trinajstić information content (AvgIpc) is 2.95. The number of aryl methyl sites for hydroxylation is 2. The zero-order valence-electron chi connectivity index (χ0n) is 10.5. The third kappa shape index (κ3) is 1.85. The molecule has 0 fully saturated rings.